The lowest BCUT2D eigenvalue weighted by atomic mass is 10.1. The smallest absolute Gasteiger partial charge is 0.0912 e. The van der Waals surface area contributed by atoms with Gasteiger partial charge >= 0.3 is 0 Å². The number of allylic oxidation sites excluding steroid dienone is 1. The summed E-state index contributed by atoms with van der Waals surface area (Å²) >= 11 is 0. The van der Waals surface area contributed by atoms with Crippen molar-refractivity contribution in [2.24, 2.45) is 0 Å². The first-order valence-electron chi connectivity index (χ1n) is 3.63. The Hall–Kier alpha value is -1.59. The summed E-state index contributed by atoms with van der Waals surface area (Å²) in [5.74, 6) is 0. The fourth-order valence-corrected chi connectivity index (χ4v) is 0.929. The van der Waals surface area contributed by atoms with Crippen molar-refractivity contribution in [1.29, 1.82) is 5.26 Å². The molecule has 0 saturated heterocycles. The van der Waals surface area contributed by atoms with Crippen molar-refractivity contribution in [3.63, 3.8) is 0 Å². The third kappa shape index (κ3) is 2.22. The molecular weight excluding hydrogens is 150 g/mol. The number of hydrogen-bond acceptors (Lipinski definition) is 2. The summed E-state index contributed by atoms with van der Waals surface area (Å²) < 4.78 is 0. The van der Waals surface area contributed by atoms with Crippen LogP contribution in [0.25, 0.3) is 6.08 Å². The molecule has 2 heteroatoms. The molecule has 60 valence electrons. The average molecular weight is 159 g/mol. The molecule has 1 aromatic rings. The molecule has 0 amide bonds. The van der Waals surface area contributed by atoms with Crippen molar-refractivity contribution < 1.29 is 5.11 Å². The van der Waals surface area contributed by atoms with Crippen LogP contribution in [0, 0.1) is 11.3 Å². The van der Waals surface area contributed by atoms with Crippen molar-refractivity contribution in [3.8, 4) is 6.07 Å². The molecule has 1 rings (SSSR count). The minimum atomic E-state index is 0.0359. The zero-order valence-electron chi connectivity index (χ0n) is 6.57. The van der Waals surface area contributed by atoms with E-state index in [9.17, 15) is 0 Å². The molecule has 0 aliphatic rings. The molecule has 0 radical (unpaired) electrons. The van der Waals surface area contributed by atoms with Gasteiger partial charge in [-0.3, -0.25) is 0 Å². The van der Waals surface area contributed by atoms with E-state index in [1.54, 1.807) is 6.08 Å². The van der Waals surface area contributed by atoms with Crippen molar-refractivity contribution in [3.05, 3.63) is 41.5 Å². The number of nitriles is 1. The van der Waals surface area contributed by atoms with E-state index in [0.29, 0.717) is 0 Å². The number of aliphatic hydroxyl groups excluding tert-OH is 1. The van der Waals surface area contributed by atoms with Crippen molar-refractivity contribution in [2.45, 2.75) is 6.61 Å². The Morgan fingerprint density at radius 2 is 2.33 bits per heavy atom. The van der Waals surface area contributed by atoms with Crippen LogP contribution in [0.4, 0.5) is 0 Å². The highest BCUT2D eigenvalue weighted by molar-refractivity contribution is 5.52. The summed E-state index contributed by atoms with van der Waals surface area (Å²) in [5.41, 5.74) is 1.79. The molecule has 0 aliphatic carbocycles. The maximum absolute atomic E-state index is 8.80. The van der Waals surface area contributed by atoms with Crippen molar-refractivity contribution in [1.82, 2.24) is 0 Å². The molecule has 0 aliphatic heterocycles. The second-order valence-corrected chi connectivity index (χ2v) is 2.37. The number of rotatable bonds is 2. The molecule has 1 N–H and O–H groups in total. The molecule has 0 aromatic heterocycles. The zero-order chi connectivity index (χ0) is 8.81. The van der Waals surface area contributed by atoms with Gasteiger partial charge in [0.2, 0.25) is 0 Å². The van der Waals surface area contributed by atoms with Crippen LogP contribution in [0.3, 0.4) is 0 Å². The maximum Gasteiger partial charge on any atom is 0.0912 e. The van der Waals surface area contributed by atoms with Crippen LogP contribution in [0.15, 0.2) is 30.3 Å². The normalized spacial score (nSPS) is 10.0. The quantitative estimate of drug-likeness (QED) is 0.667. The Morgan fingerprint density at radius 3 is 3.00 bits per heavy atom. The highest BCUT2D eigenvalue weighted by Crippen LogP contribution is 2.06. The van der Waals surface area contributed by atoms with Crippen molar-refractivity contribution >= 4 is 6.08 Å². The van der Waals surface area contributed by atoms with E-state index in [2.05, 4.69) is 0 Å². The Kier molecular flexibility index (Phi) is 3.06. The number of hydrogen-bond donors (Lipinski definition) is 1. The summed E-state index contributed by atoms with van der Waals surface area (Å²) in [6.07, 6.45) is 3.12. The minimum Gasteiger partial charge on any atom is -0.392 e. The summed E-state index contributed by atoms with van der Waals surface area (Å²) in [7, 11) is 0. The highest BCUT2D eigenvalue weighted by atomic mass is 16.3. The Balaban J connectivity index is 2.88. The maximum atomic E-state index is 8.80. The van der Waals surface area contributed by atoms with Gasteiger partial charge in [0.25, 0.3) is 0 Å². The summed E-state index contributed by atoms with van der Waals surface area (Å²) in [6.45, 7) is 0.0359. The lowest BCUT2D eigenvalue weighted by Crippen LogP contribution is -1.82. The lowest BCUT2D eigenvalue weighted by Gasteiger charge is -1.96. The van der Waals surface area contributed by atoms with Gasteiger partial charge in [-0.2, -0.15) is 5.26 Å². The van der Waals surface area contributed by atoms with Crippen LogP contribution >= 0.6 is 0 Å². The van der Waals surface area contributed by atoms with E-state index < -0.39 is 0 Å². The van der Waals surface area contributed by atoms with Gasteiger partial charge in [-0.05, 0) is 23.3 Å². The molecular formula is C10H9NO. The van der Waals surface area contributed by atoms with Gasteiger partial charge in [-0.1, -0.05) is 18.2 Å². The van der Waals surface area contributed by atoms with Crippen LogP contribution in [0.1, 0.15) is 11.1 Å². The van der Waals surface area contributed by atoms with Crippen LogP contribution < -0.4 is 0 Å². The lowest BCUT2D eigenvalue weighted by molar-refractivity contribution is 0.282. The fraction of sp³-hybridized carbons (Fsp3) is 0.100. The van der Waals surface area contributed by atoms with Crippen LogP contribution in [-0.4, -0.2) is 5.11 Å². The number of aliphatic hydroxyl groups is 1. The molecule has 12 heavy (non-hydrogen) atoms. The SMILES string of the molecule is N#C/C=C/c1cccc(CO)c1. The van der Waals surface area contributed by atoms with Gasteiger partial charge in [0, 0.05) is 6.08 Å². The molecule has 0 saturated carbocycles. The van der Waals surface area contributed by atoms with Crippen LogP contribution in [-0.2, 0) is 6.61 Å². The Labute approximate surface area is 71.4 Å². The zero-order valence-corrected chi connectivity index (χ0v) is 6.57. The third-order valence-electron chi connectivity index (χ3n) is 1.48. The second kappa shape index (κ2) is 4.32. The molecule has 0 fully saturated rings. The van der Waals surface area contributed by atoms with Gasteiger partial charge in [0.1, 0.15) is 0 Å². The summed E-state index contributed by atoms with van der Waals surface area (Å²) in [6, 6.07) is 9.32. The average Bonchev–Trinajstić information content (AvgIpc) is 2.15. The first-order chi connectivity index (χ1) is 5.86. The Morgan fingerprint density at radius 1 is 1.50 bits per heavy atom. The Bertz CT molecular complexity index is 323. The standard InChI is InChI=1S/C10H9NO/c11-6-2-5-9-3-1-4-10(7-9)8-12/h1-5,7,12H,8H2/b5-2+. The van der Waals surface area contributed by atoms with E-state index >= 15 is 0 Å². The molecule has 0 heterocycles. The number of benzene rings is 1. The van der Waals surface area contributed by atoms with E-state index in [4.69, 9.17) is 10.4 Å². The monoisotopic (exact) mass is 159 g/mol. The molecule has 0 atom stereocenters. The van der Waals surface area contributed by atoms with E-state index in [-0.39, 0.29) is 6.61 Å². The topological polar surface area (TPSA) is 44.0 Å². The molecule has 0 spiro atoms. The van der Waals surface area contributed by atoms with E-state index in [1.807, 2.05) is 30.3 Å². The molecule has 0 unspecified atom stereocenters. The molecule has 1 aromatic carbocycles. The third-order valence-corrected chi connectivity index (χ3v) is 1.48. The predicted octanol–water partition coefficient (Wildman–Crippen LogP) is 1.72. The first-order valence-corrected chi connectivity index (χ1v) is 3.63. The van der Waals surface area contributed by atoms with Gasteiger partial charge in [0.15, 0.2) is 0 Å². The van der Waals surface area contributed by atoms with Crippen LogP contribution in [0.2, 0.25) is 0 Å². The second-order valence-electron chi connectivity index (χ2n) is 2.37. The fourth-order valence-electron chi connectivity index (χ4n) is 0.929. The molecule has 0 bridgehead atoms. The summed E-state index contributed by atoms with van der Waals surface area (Å²) in [5, 5.41) is 17.1. The van der Waals surface area contributed by atoms with Gasteiger partial charge in [-0.15, -0.1) is 0 Å². The minimum absolute atomic E-state index is 0.0359. The number of nitrogens with zero attached hydrogens (tertiary/aromatic N) is 1. The van der Waals surface area contributed by atoms with E-state index in [1.165, 1.54) is 6.08 Å². The largest absolute Gasteiger partial charge is 0.392 e. The molecule has 2 nitrogen and oxygen atoms in total. The van der Waals surface area contributed by atoms with Gasteiger partial charge in [0.05, 0.1) is 12.7 Å². The predicted molar refractivity (Wildman–Crippen MR) is 47.0 cm³/mol. The highest BCUT2D eigenvalue weighted by Gasteiger charge is 1.89. The van der Waals surface area contributed by atoms with Gasteiger partial charge in [-0.25, -0.2) is 0 Å². The first kappa shape index (κ1) is 8.51. The van der Waals surface area contributed by atoms with Crippen molar-refractivity contribution in [2.75, 3.05) is 0 Å². The summed E-state index contributed by atoms with van der Waals surface area (Å²) in [4.78, 5) is 0. The van der Waals surface area contributed by atoms with E-state index in [0.717, 1.165) is 11.1 Å². The van der Waals surface area contributed by atoms with Crippen LogP contribution in [0.5, 0.6) is 0 Å². The van der Waals surface area contributed by atoms with Gasteiger partial charge < -0.3 is 5.11 Å².